The number of hydrogen-bond donors (Lipinski definition) is 0. The van der Waals surface area contributed by atoms with Gasteiger partial charge in [0.2, 0.25) is 0 Å². The summed E-state index contributed by atoms with van der Waals surface area (Å²) in [7, 11) is -1.87. The summed E-state index contributed by atoms with van der Waals surface area (Å²) in [5, 5.41) is 5.01. The minimum Gasteiger partial charge on any atom is -0.256 e. The van der Waals surface area contributed by atoms with Crippen LogP contribution in [0.5, 0.6) is 0 Å². The summed E-state index contributed by atoms with van der Waals surface area (Å²) in [6, 6.07) is 5.44. The van der Waals surface area contributed by atoms with Gasteiger partial charge in [-0.15, -0.1) is 0 Å². The molecule has 1 aromatic carbocycles. The molecule has 0 bridgehead atoms. The molecule has 2 aromatic rings. The second kappa shape index (κ2) is 4.80. The Kier molecular flexibility index (Phi) is 3.49. The highest BCUT2D eigenvalue weighted by Crippen LogP contribution is 2.28. The van der Waals surface area contributed by atoms with Crippen LogP contribution in [0.15, 0.2) is 36.9 Å². The van der Waals surface area contributed by atoms with Gasteiger partial charge in [-0.3, -0.25) is 4.68 Å². The predicted octanol–water partition coefficient (Wildman–Crippen LogP) is 2.45. The van der Waals surface area contributed by atoms with Crippen molar-refractivity contribution in [3.05, 3.63) is 42.5 Å². The summed E-state index contributed by atoms with van der Waals surface area (Å²) in [6.45, 7) is 4.19. The minimum atomic E-state index is -4.28. The van der Waals surface area contributed by atoms with Gasteiger partial charge in [-0.25, -0.2) is 4.98 Å². The third-order valence-electron chi connectivity index (χ3n) is 3.02. The van der Waals surface area contributed by atoms with E-state index in [1.54, 1.807) is 23.1 Å². The van der Waals surface area contributed by atoms with E-state index in [1.165, 1.54) is 6.33 Å². The molecule has 0 aliphatic rings. The summed E-state index contributed by atoms with van der Waals surface area (Å²) in [4.78, 5) is 3.87. The van der Waals surface area contributed by atoms with Gasteiger partial charge in [0, 0.05) is 6.17 Å². The maximum Gasteiger partial charge on any atom is 0.416 e. The van der Waals surface area contributed by atoms with E-state index in [9.17, 15) is 13.2 Å². The Hall–Kier alpha value is -1.63. The van der Waals surface area contributed by atoms with Crippen LogP contribution >= 0.6 is 0 Å². The summed E-state index contributed by atoms with van der Waals surface area (Å²) < 4.78 is 39.3. The maximum atomic E-state index is 12.5. The smallest absolute Gasteiger partial charge is 0.256 e. The third-order valence-corrected chi connectivity index (χ3v) is 6.03. The Labute approximate surface area is 110 Å². The van der Waals surface area contributed by atoms with Crippen molar-refractivity contribution in [2.75, 3.05) is 0 Å². The first-order valence-electron chi connectivity index (χ1n) is 5.79. The largest absolute Gasteiger partial charge is 0.416 e. The summed E-state index contributed by atoms with van der Waals surface area (Å²) in [5.41, 5.74) is -0.609. The molecule has 0 saturated carbocycles. The normalized spacial score (nSPS) is 12.7. The molecule has 0 unspecified atom stereocenters. The Balaban J connectivity index is 2.21. The zero-order valence-corrected chi connectivity index (χ0v) is 11.6. The second-order valence-corrected chi connectivity index (χ2v) is 9.71. The standard InChI is InChI=1S/C12H14F3N3Si/c1-19(2,9-18-8-16-7-17-18)11-5-3-10(4-6-11)12(13,14)15/h3-8H,9H2,1-2H3. The topological polar surface area (TPSA) is 30.7 Å². The van der Waals surface area contributed by atoms with E-state index in [1.807, 2.05) is 0 Å². The van der Waals surface area contributed by atoms with Gasteiger partial charge in [-0.1, -0.05) is 42.5 Å². The Morgan fingerprint density at radius 1 is 1.16 bits per heavy atom. The highest BCUT2D eigenvalue weighted by atomic mass is 28.3. The molecule has 102 valence electrons. The first-order chi connectivity index (χ1) is 8.79. The van der Waals surface area contributed by atoms with Crippen molar-refractivity contribution in [2.24, 2.45) is 0 Å². The molecule has 19 heavy (non-hydrogen) atoms. The van der Waals surface area contributed by atoms with Crippen molar-refractivity contribution in [3.8, 4) is 0 Å². The molecule has 0 atom stereocenters. The fraction of sp³-hybridized carbons (Fsp3) is 0.333. The lowest BCUT2D eigenvalue weighted by molar-refractivity contribution is -0.137. The van der Waals surface area contributed by atoms with Crippen molar-refractivity contribution in [3.63, 3.8) is 0 Å². The van der Waals surface area contributed by atoms with Gasteiger partial charge in [0.05, 0.1) is 5.56 Å². The number of aromatic nitrogens is 3. The SMILES string of the molecule is C[Si](C)(Cn1cncn1)c1ccc(C(F)(F)F)cc1. The van der Waals surface area contributed by atoms with Gasteiger partial charge in [0.25, 0.3) is 0 Å². The van der Waals surface area contributed by atoms with Crippen LogP contribution in [0.3, 0.4) is 0 Å². The van der Waals surface area contributed by atoms with E-state index in [4.69, 9.17) is 0 Å². The number of rotatable bonds is 3. The van der Waals surface area contributed by atoms with Gasteiger partial charge in [-0.2, -0.15) is 18.3 Å². The van der Waals surface area contributed by atoms with Gasteiger partial charge >= 0.3 is 6.18 Å². The van der Waals surface area contributed by atoms with E-state index in [0.717, 1.165) is 17.3 Å². The molecule has 0 aliphatic carbocycles. The lowest BCUT2D eigenvalue weighted by atomic mass is 10.2. The number of halogens is 3. The van der Waals surface area contributed by atoms with Crippen LogP contribution < -0.4 is 5.19 Å². The van der Waals surface area contributed by atoms with Crippen LogP contribution in [-0.2, 0) is 12.3 Å². The van der Waals surface area contributed by atoms with Gasteiger partial charge in [0.15, 0.2) is 0 Å². The summed E-state index contributed by atoms with van der Waals surface area (Å²) >= 11 is 0. The maximum absolute atomic E-state index is 12.5. The zero-order chi connectivity index (χ0) is 14.1. The molecule has 1 heterocycles. The van der Waals surface area contributed by atoms with Crippen LogP contribution in [0, 0.1) is 0 Å². The molecule has 0 radical (unpaired) electrons. The summed E-state index contributed by atoms with van der Waals surface area (Å²) in [6.07, 6.45) is -0.509. The van der Waals surface area contributed by atoms with E-state index in [0.29, 0.717) is 6.17 Å². The highest BCUT2D eigenvalue weighted by molar-refractivity contribution is 6.88. The molecule has 3 nitrogen and oxygen atoms in total. The molecule has 0 aliphatic heterocycles. The Morgan fingerprint density at radius 3 is 2.26 bits per heavy atom. The average molecular weight is 285 g/mol. The van der Waals surface area contributed by atoms with E-state index in [-0.39, 0.29) is 0 Å². The molecule has 0 fully saturated rings. The molecule has 0 amide bonds. The molecular weight excluding hydrogens is 271 g/mol. The number of benzene rings is 1. The van der Waals surface area contributed by atoms with Crippen LogP contribution in [0.1, 0.15) is 5.56 Å². The van der Waals surface area contributed by atoms with E-state index < -0.39 is 19.8 Å². The van der Waals surface area contributed by atoms with Crippen molar-refractivity contribution >= 4 is 13.3 Å². The molecule has 0 spiro atoms. The first-order valence-corrected chi connectivity index (χ1v) is 9.00. The Bertz CT molecular complexity index is 532. The van der Waals surface area contributed by atoms with E-state index >= 15 is 0 Å². The van der Waals surface area contributed by atoms with Crippen molar-refractivity contribution in [1.82, 2.24) is 14.8 Å². The molecule has 2 rings (SSSR count). The van der Waals surface area contributed by atoms with Crippen LogP contribution in [0.2, 0.25) is 13.1 Å². The van der Waals surface area contributed by atoms with Gasteiger partial charge < -0.3 is 0 Å². The lowest BCUT2D eigenvalue weighted by Gasteiger charge is -2.23. The fourth-order valence-corrected chi connectivity index (χ4v) is 4.15. The second-order valence-electron chi connectivity index (χ2n) is 5.05. The minimum absolute atomic E-state index is 0.609. The predicted molar refractivity (Wildman–Crippen MR) is 68.6 cm³/mol. The fourth-order valence-electron chi connectivity index (χ4n) is 1.92. The van der Waals surface area contributed by atoms with Gasteiger partial charge in [-0.05, 0) is 0 Å². The molecule has 7 heteroatoms. The van der Waals surface area contributed by atoms with E-state index in [2.05, 4.69) is 23.2 Å². The van der Waals surface area contributed by atoms with Crippen molar-refractivity contribution in [2.45, 2.75) is 25.4 Å². The molecule has 0 N–H and O–H groups in total. The monoisotopic (exact) mass is 285 g/mol. The number of alkyl halides is 3. The lowest BCUT2D eigenvalue weighted by Crippen LogP contribution is -2.46. The third kappa shape index (κ3) is 3.22. The zero-order valence-electron chi connectivity index (χ0n) is 10.6. The first kappa shape index (κ1) is 13.8. The van der Waals surface area contributed by atoms with Gasteiger partial charge in [0.1, 0.15) is 20.7 Å². The summed E-state index contributed by atoms with van der Waals surface area (Å²) in [5.74, 6) is 0. The van der Waals surface area contributed by atoms with Crippen LogP contribution in [0.4, 0.5) is 13.2 Å². The number of nitrogens with zero attached hydrogens (tertiary/aromatic N) is 3. The highest BCUT2D eigenvalue weighted by Gasteiger charge is 2.31. The van der Waals surface area contributed by atoms with Crippen molar-refractivity contribution in [1.29, 1.82) is 0 Å². The van der Waals surface area contributed by atoms with Crippen LogP contribution in [-0.4, -0.2) is 22.8 Å². The van der Waals surface area contributed by atoms with Crippen LogP contribution in [0.25, 0.3) is 0 Å². The molecule has 0 saturated heterocycles. The quantitative estimate of drug-likeness (QED) is 0.811. The number of hydrogen-bond acceptors (Lipinski definition) is 2. The average Bonchev–Trinajstić information content (AvgIpc) is 2.80. The molecular formula is C12H14F3N3Si. The Morgan fingerprint density at radius 2 is 1.79 bits per heavy atom. The van der Waals surface area contributed by atoms with Crippen molar-refractivity contribution < 1.29 is 13.2 Å². The molecule has 1 aromatic heterocycles.